The van der Waals surface area contributed by atoms with Crippen LogP contribution in [-0.4, -0.2) is 22.2 Å². The molecule has 0 saturated carbocycles. The van der Waals surface area contributed by atoms with Crippen molar-refractivity contribution in [2.24, 2.45) is 0 Å². The van der Waals surface area contributed by atoms with Crippen LogP contribution in [0.4, 0.5) is 4.39 Å². The van der Waals surface area contributed by atoms with Gasteiger partial charge in [0.05, 0.1) is 6.54 Å². The number of hydrogen-bond donors (Lipinski definition) is 2. The van der Waals surface area contributed by atoms with Crippen LogP contribution in [0.3, 0.4) is 0 Å². The van der Waals surface area contributed by atoms with Gasteiger partial charge in [0.1, 0.15) is 11.6 Å². The molecular weight excluding hydrogens is 275 g/mol. The SMILES string of the molecule is CNCc1nc(-c2cc(F)cc(Br)c2)n[nH]1. The zero-order valence-corrected chi connectivity index (χ0v) is 10.2. The highest BCUT2D eigenvalue weighted by molar-refractivity contribution is 9.10. The summed E-state index contributed by atoms with van der Waals surface area (Å²) in [6.45, 7) is 0.601. The van der Waals surface area contributed by atoms with E-state index in [1.807, 2.05) is 7.05 Å². The van der Waals surface area contributed by atoms with E-state index in [0.29, 0.717) is 22.4 Å². The first kappa shape index (κ1) is 11.2. The van der Waals surface area contributed by atoms with Crippen molar-refractivity contribution in [2.45, 2.75) is 6.54 Å². The first-order valence-corrected chi connectivity index (χ1v) is 5.50. The van der Waals surface area contributed by atoms with Crippen LogP contribution in [0.15, 0.2) is 22.7 Å². The predicted molar refractivity (Wildman–Crippen MR) is 62.2 cm³/mol. The highest BCUT2D eigenvalue weighted by atomic mass is 79.9. The van der Waals surface area contributed by atoms with Gasteiger partial charge < -0.3 is 5.32 Å². The summed E-state index contributed by atoms with van der Waals surface area (Å²) in [6, 6.07) is 4.57. The average molecular weight is 285 g/mol. The number of nitrogens with zero attached hydrogens (tertiary/aromatic N) is 2. The van der Waals surface area contributed by atoms with Crippen molar-refractivity contribution in [3.8, 4) is 11.4 Å². The van der Waals surface area contributed by atoms with Crippen LogP contribution >= 0.6 is 15.9 Å². The molecule has 0 bridgehead atoms. The van der Waals surface area contributed by atoms with Crippen LogP contribution in [0.25, 0.3) is 11.4 Å². The molecule has 0 radical (unpaired) electrons. The highest BCUT2D eigenvalue weighted by Crippen LogP contribution is 2.21. The lowest BCUT2D eigenvalue weighted by molar-refractivity contribution is 0.627. The molecule has 2 aromatic rings. The Labute approximate surface area is 100 Å². The number of nitrogens with one attached hydrogen (secondary N) is 2. The van der Waals surface area contributed by atoms with Crippen molar-refractivity contribution in [1.29, 1.82) is 0 Å². The third-order valence-electron chi connectivity index (χ3n) is 2.00. The third-order valence-corrected chi connectivity index (χ3v) is 2.45. The fourth-order valence-electron chi connectivity index (χ4n) is 1.35. The first-order valence-electron chi connectivity index (χ1n) is 4.71. The van der Waals surface area contributed by atoms with Crippen LogP contribution in [0, 0.1) is 5.82 Å². The maximum absolute atomic E-state index is 13.2. The number of halogens is 2. The molecule has 0 aliphatic rings. The second kappa shape index (κ2) is 4.71. The molecule has 0 unspecified atom stereocenters. The Kier molecular flexibility index (Phi) is 3.31. The Hall–Kier alpha value is -1.27. The molecule has 16 heavy (non-hydrogen) atoms. The molecule has 4 nitrogen and oxygen atoms in total. The molecule has 2 N–H and O–H groups in total. The molecule has 0 saturated heterocycles. The van der Waals surface area contributed by atoms with Gasteiger partial charge in [-0.15, -0.1) is 0 Å². The summed E-state index contributed by atoms with van der Waals surface area (Å²) in [5, 5.41) is 9.76. The van der Waals surface area contributed by atoms with Crippen molar-refractivity contribution in [1.82, 2.24) is 20.5 Å². The average Bonchev–Trinajstić information content (AvgIpc) is 2.65. The van der Waals surface area contributed by atoms with Crippen molar-refractivity contribution in [3.05, 3.63) is 34.3 Å². The topological polar surface area (TPSA) is 53.6 Å². The Bertz CT molecular complexity index is 477. The summed E-state index contributed by atoms with van der Waals surface area (Å²) >= 11 is 3.23. The highest BCUT2D eigenvalue weighted by Gasteiger charge is 2.07. The molecule has 2 rings (SSSR count). The summed E-state index contributed by atoms with van der Waals surface area (Å²) in [4.78, 5) is 4.24. The van der Waals surface area contributed by atoms with Gasteiger partial charge >= 0.3 is 0 Å². The molecule has 1 aromatic heterocycles. The lowest BCUT2D eigenvalue weighted by Gasteiger charge is -1.97. The lowest BCUT2D eigenvalue weighted by Crippen LogP contribution is -2.06. The van der Waals surface area contributed by atoms with Gasteiger partial charge in [0.2, 0.25) is 0 Å². The number of H-pyrrole nitrogens is 1. The van der Waals surface area contributed by atoms with Crippen molar-refractivity contribution >= 4 is 15.9 Å². The van der Waals surface area contributed by atoms with Gasteiger partial charge in [-0.05, 0) is 25.2 Å². The van der Waals surface area contributed by atoms with Crippen molar-refractivity contribution in [3.63, 3.8) is 0 Å². The second-order valence-electron chi connectivity index (χ2n) is 3.29. The standard InChI is InChI=1S/C10H10BrFN4/c1-13-5-9-14-10(16-15-9)6-2-7(11)4-8(12)3-6/h2-4,13H,5H2,1H3,(H,14,15,16). The second-order valence-corrected chi connectivity index (χ2v) is 4.21. The van der Waals surface area contributed by atoms with Crippen LogP contribution < -0.4 is 5.32 Å². The molecule has 0 aliphatic heterocycles. The minimum atomic E-state index is -0.315. The van der Waals surface area contributed by atoms with Gasteiger partial charge in [-0.3, -0.25) is 5.10 Å². The first-order chi connectivity index (χ1) is 7.69. The fraction of sp³-hybridized carbons (Fsp3) is 0.200. The summed E-state index contributed by atoms with van der Waals surface area (Å²) in [5.41, 5.74) is 0.644. The van der Waals surface area contributed by atoms with E-state index in [-0.39, 0.29) is 5.82 Å². The summed E-state index contributed by atoms with van der Waals surface area (Å²) in [6.07, 6.45) is 0. The van der Waals surface area contributed by atoms with E-state index in [2.05, 4.69) is 36.4 Å². The van der Waals surface area contributed by atoms with Gasteiger partial charge in [-0.1, -0.05) is 15.9 Å². The van der Waals surface area contributed by atoms with Gasteiger partial charge in [0.15, 0.2) is 5.82 Å². The van der Waals surface area contributed by atoms with E-state index in [9.17, 15) is 4.39 Å². The van der Waals surface area contributed by atoms with Gasteiger partial charge in [-0.25, -0.2) is 9.37 Å². The monoisotopic (exact) mass is 284 g/mol. The predicted octanol–water partition coefficient (Wildman–Crippen LogP) is 2.09. The van der Waals surface area contributed by atoms with Gasteiger partial charge in [0, 0.05) is 10.0 Å². The van der Waals surface area contributed by atoms with Crippen molar-refractivity contribution in [2.75, 3.05) is 7.05 Å². The van der Waals surface area contributed by atoms with Gasteiger partial charge in [-0.2, -0.15) is 5.10 Å². The number of benzene rings is 1. The molecule has 1 aromatic carbocycles. The molecule has 0 spiro atoms. The summed E-state index contributed by atoms with van der Waals surface area (Å²) < 4.78 is 13.8. The van der Waals surface area contributed by atoms with E-state index >= 15 is 0 Å². The maximum atomic E-state index is 13.2. The Morgan fingerprint density at radius 3 is 2.94 bits per heavy atom. The zero-order valence-electron chi connectivity index (χ0n) is 8.59. The Morgan fingerprint density at radius 1 is 1.44 bits per heavy atom. The smallest absolute Gasteiger partial charge is 0.181 e. The Balaban J connectivity index is 2.34. The number of hydrogen-bond acceptors (Lipinski definition) is 3. The van der Waals surface area contributed by atoms with Crippen LogP contribution in [0.5, 0.6) is 0 Å². The molecular formula is C10H10BrFN4. The normalized spacial score (nSPS) is 10.7. The molecule has 84 valence electrons. The lowest BCUT2D eigenvalue weighted by atomic mass is 10.2. The number of rotatable bonds is 3. The number of aromatic nitrogens is 3. The quantitative estimate of drug-likeness (QED) is 0.908. The number of aromatic amines is 1. The van der Waals surface area contributed by atoms with E-state index in [1.54, 1.807) is 6.07 Å². The van der Waals surface area contributed by atoms with E-state index < -0.39 is 0 Å². The maximum Gasteiger partial charge on any atom is 0.181 e. The minimum Gasteiger partial charge on any atom is -0.313 e. The largest absolute Gasteiger partial charge is 0.313 e. The summed E-state index contributed by atoms with van der Waals surface area (Å²) in [7, 11) is 1.82. The van der Waals surface area contributed by atoms with E-state index in [0.717, 1.165) is 5.82 Å². The molecule has 0 aliphatic carbocycles. The van der Waals surface area contributed by atoms with Crippen LogP contribution in [-0.2, 0) is 6.54 Å². The van der Waals surface area contributed by atoms with Crippen molar-refractivity contribution < 1.29 is 4.39 Å². The zero-order chi connectivity index (χ0) is 11.5. The Morgan fingerprint density at radius 2 is 2.25 bits per heavy atom. The summed E-state index contributed by atoms with van der Waals surface area (Å²) in [5.74, 6) is 0.896. The minimum absolute atomic E-state index is 0.315. The van der Waals surface area contributed by atoms with E-state index in [1.165, 1.54) is 12.1 Å². The third kappa shape index (κ3) is 2.45. The molecule has 1 heterocycles. The molecule has 0 fully saturated rings. The van der Waals surface area contributed by atoms with E-state index in [4.69, 9.17) is 0 Å². The van der Waals surface area contributed by atoms with Crippen LogP contribution in [0.1, 0.15) is 5.82 Å². The van der Waals surface area contributed by atoms with Crippen LogP contribution in [0.2, 0.25) is 0 Å². The molecule has 0 amide bonds. The fourth-order valence-corrected chi connectivity index (χ4v) is 1.82. The van der Waals surface area contributed by atoms with Gasteiger partial charge in [0.25, 0.3) is 0 Å². The molecule has 0 atom stereocenters. The molecule has 6 heteroatoms.